The van der Waals surface area contributed by atoms with Crippen LogP contribution in [0.5, 0.6) is 0 Å². The molecule has 112 valence electrons. The molecule has 2 rings (SSSR count). The Labute approximate surface area is 137 Å². The van der Waals surface area contributed by atoms with E-state index in [2.05, 4.69) is 50.5 Å². The summed E-state index contributed by atoms with van der Waals surface area (Å²) >= 11 is 9.72. The predicted molar refractivity (Wildman–Crippen MR) is 91.1 cm³/mol. The third kappa shape index (κ3) is 3.45. The van der Waals surface area contributed by atoms with Gasteiger partial charge in [-0.15, -0.1) is 0 Å². The summed E-state index contributed by atoms with van der Waals surface area (Å²) in [6, 6.07) is 3.83. The van der Waals surface area contributed by atoms with Crippen LogP contribution >= 0.6 is 27.5 Å². The number of hydrogen-bond acceptors (Lipinski definition) is 5. The number of aryl methyl sites for hydroxylation is 1. The van der Waals surface area contributed by atoms with Crippen molar-refractivity contribution in [1.29, 1.82) is 0 Å². The summed E-state index contributed by atoms with van der Waals surface area (Å²) < 4.78 is 0.917. The summed E-state index contributed by atoms with van der Waals surface area (Å²) in [5.41, 5.74) is 5.38. The zero-order valence-electron chi connectivity index (χ0n) is 12.0. The summed E-state index contributed by atoms with van der Waals surface area (Å²) in [7, 11) is 0. The molecule has 0 fully saturated rings. The molecule has 4 N–H and O–H groups in total. The number of rotatable bonds is 4. The molecular weight excluding hydrogens is 354 g/mol. The largest absolute Gasteiger partial charge is 0.339 e. The lowest BCUT2D eigenvalue weighted by atomic mass is 10.0. The van der Waals surface area contributed by atoms with Crippen LogP contribution in [0.1, 0.15) is 30.9 Å². The minimum absolute atomic E-state index is 0.208. The summed E-state index contributed by atoms with van der Waals surface area (Å²) in [6.45, 7) is 6.07. The van der Waals surface area contributed by atoms with Crippen molar-refractivity contribution in [2.75, 3.05) is 10.7 Å². The van der Waals surface area contributed by atoms with Crippen molar-refractivity contribution >= 4 is 44.9 Å². The standard InChI is InChI=1S/C14H17BrClN5/c1-7(2)12-13(18-6-19-14(12)21-17)20-11-5-10(16)8(3)4-9(11)15/h4-7H,17H2,1-3H3,(H2,18,19,20,21). The highest BCUT2D eigenvalue weighted by atomic mass is 79.9. The molecule has 0 unspecified atom stereocenters. The molecule has 0 atom stereocenters. The van der Waals surface area contributed by atoms with Gasteiger partial charge in [-0.05, 0) is 46.5 Å². The van der Waals surface area contributed by atoms with Crippen LogP contribution in [0.4, 0.5) is 17.3 Å². The van der Waals surface area contributed by atoms with Crippen LogP contribution in [0.15, 0.2) is 22.9 Å². The number of nitrogens with two attached hydrogens (primary N) is 1. The number of nitrogen functional groups attached to an aromatic ring is 1. The molecule has 1 heterocycles. The van der Waals surface area contributed by atoms with E-state index in [1.54, 1.807) is 0 Å². The molecule has 1 aromatic carbocycles. The zero-order chi connectivity index (χ0) is 15.6. The van der Waals surface area contributed by atoms with E-state index in [0.717, 1.165) is 21.3 Å². The van der Waals surface area contributed by atoms with Crippen LogP contribution in [0.2, 0.25) is 5.02 Å². The number of halogens is 2. The first-order valence-electron chi connectivity index (χ1n) is 6.48. The van der Waals surface area contributed by atoms with E-state index in [1.807, 2.05) is 19.1 Å². The van der Waals surface area contributed by atoms with Crippen LogP contribution in [-0.4, -0.2) is 9.97 Å². The van der Waals surface area contributed by atoms with E-state index in [-0.39, 0.29) is 5.92 Å². The van der Waals surface area contributed by atoms with Crippen molar-refractivity contribution < 1.29 is 0 Å². The Morgan fingerprint density at radius 1 is 1.24 bits per heavy atom. The smallest absolute Gasteiger partial charge is 0.148 e. The maximum Gasteiger partial charge on any atom is 0.148 e. The number of hydrazine groups is 1. The van der Waals surface area contributed by atoms with Crippen LogP contribution in [-0.2, 0) is 0 Å². The average molecular weight is 371 g/mol. The SMILES string of the molecule is Cc1cc(Br)c(Nc2ncnc(NN)c2C(C)C)cc1Cl. The van der Waals surface area contributed by atoms with Crippen molar-refractivity contribution in [3.05, 3.63) is 39.1 Å². The Kier molecular flexibility index (Phi) is 5.03. The Balaban J connectivity index is 2.47. The fraction of sp³-hybridized carbons (Fsp3) is 0.286. The molecule has 0 radical (unpaired) electrons. The summed E-state index contributed by atoms with van der Waals surface area (Å²) in [5, 5.41) is 3.98. The van der Waals surface area contributed by atoms with E-state index in [0.29, 0.717) is 16.7 Å². The number of aromatic nitrogens is 2. The highest BCUT2D eigenvalue weighted by Gasteiger charge is 2.15. The molecule has 0 aliphatic heterocycles. The van der Waals surface area contributed by atoms with Gasteiger partial charge >= 0.3 is 0 Å². The van der Waals surface area contributed by atoms with Crippen LogP contribution in [0, 0.1) is 6.92 Å². The van der Waals surface area contributed by atoms with E-state index in [4.69, 9.17) is 17.4 Å². The second-order valence-corrected chi connectivity index (χ2v) is 6.25. The van der Waals surface area contributed by atoms with Crippen LogP contribution in [0.3, 0.4) is 0 Å². The lowest BCUT2D eigenvalue weighted by Gasteiger charge is -2.17. The Bertz CT molecular complexity index is 660. The predicted octanol–water partition coefficient (Wildman–Crippen LogP) is 4.35. The summed E-state index contributed by atoms with van der Waals surface area (Å²) in [6.07, 6.45) is 1.47. The molecule has 0 saturated carbocycles. The van der Waals surface area contributed by atoms with Gasteiger partial charge < -0.3 is 10.7 Å². The molecule has 0 bridgehead atoms. The van der Waals surface area contributed by atoms with Crippen molar-refractivity contribution in [3.63, 3.8) is 0 Å². The van der Waals surface area contributed by atoms with E-state index in [1.165, 1.54) is 6.33 Å². The third-order valence-electron chi connectivity index (χ3n) is 3.10. The summed E-state index contributed by atoms with van der Waals surface area (Å²) in [4.78, 5) is 8.47. The Morgan fingerprint density at radius 2 is 1.90 bits per heavy atom. The first kappa shape index (κ1) is 16.0. The fourth-order valence-corrected chi connectivity index (χ4v) is 2.75. The lowest BCUT2D eigenvalue weighted by molar-refractivity contribution is 0.850. The molecule has 0 aliphatic carbocycles. The maximum absolute atomic E-state index is 6.19. The molecule has 0 spiro atoms. The lowest BCUT2D eigenvalue weighted by Crippen LogP contribution is -2.14. The molecule has 7 heteroatoms. The number of anilines is 3. The average Bonchev–Trinajstić information content (AvgIpc) is 2.44. The summed E-state index contributed by atoms with van der Waals surface area (Å²) in [5.74, 6) is 7.04. The molecule has 0 aliphatic rings. The number of nitrogens with zero attached hydrogens (tertiary/aromatic N) is 2. The van der Waals surface area contributed by atoms with Gasteiger partial charge in [0.25, 0.3) is 0 Å². The quantitative estimate of drug-likeness (QED) is 0.551. The topological polar surface area (TPSA) is 75.9 Å². The molecule has 21 heavy (non-hydrogen) atoms. The van der Waals surface area contributed by atoms with Crippen LogP contribution < -0.4 is 16.6 Å². The molecule has 5 nitrogen and oxygen atoms in total. The molecule has 2 aromatic rings. The second kappa shape index (κ2) is 6.60. The van der Waals surface area contributed by atoms with Gasteiger partial charge in [0.1, 0.15) is 18.0 Å². The Hall–Kier alpha value is -1.37. The first-order chi connectivity index (χ1) is 9.93. The third-order valence-corrected chi connectivity index (χ3v) is 4.16. The van der Waals surface area contributed by atoms with Gasteiger partial charge in [-0.2, -0.15) is 0 Å². The highest BCUT2D eigenvalue weighted by Crippen LogP contribution is 2.34. The van der Waals surface area contributed by atoms with Gasteiger partial charge in [0.2, 0.25) is 0 Å². The minimum atomic E-state index is 0.208. The van der Waals surface area contributed by atoms with E-state index in [9.17, 15) is 0 Å². The Morgan fingerprint density at radius 3 is 2.52 bits per heavy atom. The van der Waals surface area contributed by atoms with Crippen molar-refractivity contribution in [3.8, 4) is 0 Å². The minimum Gasteiger partial charge on any atom is -0.339 e. The van der Waals surface area contributed by atoms with E-state index < -0.39 is 0 Å². The van der Waals surface area contributed by atoms with E-state index >= 15 is 0 Å². The van der Waals surface area contributed by atoms with Gasteiger partial charge in [-0.25, -0.2) is 15.8 Å². The van der Waals surface area contributed by atoms with Crippen LogP contribution in [0.25, 0.3) is 0 Å². The van der Waals surface area contributed by atoms with Gasteiger partial charge in [-0.3, -0.25) is 0 Å². The molecule has 0 saturated heterocycles. The number of nitrogens with one attached hydrogen (secondary N) is 2. The van der Waals surface area contributed by atoms with Gasteiger partial charge in [0.15, 0.2) is 0 Å². The van der Waals surface area contributed by atoms with Crippen molar-refractivity contribution in [2.45, 2.75) is 26.7 Å². The first-order valence-corrected chi connectivity index (χ1v) is 7.65. The molecule has 1 aromatic heterocycles. The molecular formula is C14H17BrClN5. The van der Waals surface area contributed by atoms with Gasteiger partial charge in [0.05, 0.1) is 5.69 Å². The monoisotopic (exact) mass is 369 g/mol. The zero-order valence-corrected chi connectivity index (χ0v) is 14.4. The van der Waals surface area contributed by atoms with Gasteiger partial charge in [0, 0.05) is 15.1 Å². The van der Waals surface area contributed by atoms with Gasteiger partial charge in [-0.1, -0.05) is 25.4 Å². The number of hydrogen-bond donors (Lipinski definition) is 3. The normalized spacial score (nSPS) is 10.8. The second-order valence-electron chi connectivity index (χ2n) is 4.99. The fourth-order valence-electron chi connectivity index (χ4n) is 2.03. The van der Waals surface area contributed by atoms with Crippen molar-refractivity contribution in [2.24, 2.45) is 5.84 Å². The van der Waals surface area contributed by atoms with Crippen molar-refractivity contribution in [1.82, 2.24) is 9.97 Å². The highest BCUT2D eigenvalue weighted by molar-refractivity contribution is 9.10. The number of benzene rings is 1. The molecule has 0 amide bonds. The maximum atomic E-state index is 6.19.